The van der Waals surface area contributed by atoms with Gasteiger partial charge in [-0.15, -0.1) is 0 Å². The number of rotatable bonds is 6. The first-order chi connectivity index (χ1) is 13.3. The van der Waals surface area contributed by atoms with Crippen molar-refractivity contribution in [1.29, 1.82) is 0 Å². The molecule has 0 bridgehead atoms. The van der Waals surface area contributed by atoms with E-state index in [-0.39, 0.29) is 11.8 Å². The van der Waals surface area contributed by atoms with Gasteiger partial charge in [-0.2, -0.15) is 5.10 Å². The topological polar surface area (TPSA) is 67.0 Å². The second-order valence-corrected chi connectivity index (χ2v) is 6.79. The Bertz CT molecular complexity index is 890. The summed E-state index contributed by atoms with van der Waals surface area (Å²) in [5.74, 6) is 0.895. The zero-order chi connectivity index (χ0) is 18.5. The van der Waals surface area contributed by atoms with Crippen molar-refractivity contribution in [3.05, 3.63) is 71.9 Å². The van der Waals surface area contributed by atoms with E-state index in [9.17, 15) is 4.79 Å². The quantitative estimate of drug-likeness (QED) is 0.662. The molecule has 1 aliphatic rings. The summed E-state index contributed by atoms with van der Waals surface area (Å²) in [6, 6.07) is 19.8. The molecule has 1 aromatic heterocycles. The van der Waals surface area contributed by atoms with Crippen LogP contribution in [0.2, 0.25) is 0 Å². The molecule has 0 aliphatic heterocycles. The van der Waals surface area contributed by atoms with Gasteiger partial charge in [0.25, 0.3) is 0 Å². The average molecular weight is 361 g/mol. The van der Waals surface area contributed by atoms with Crippen LogP contribution in [0.15, 0.2) is 60.7 Å². The molecule has 1 heterocycles. The maximum absolute atomic E-state index is 12.6. The Morgan fingerprint density at radius 3 is 2.63 bits per heavy atom. The van der Waals surface area contributed by atoms with Crippen LogP contribution in [0, 0.1) is 5.92 Å². The number of para-hydroxylation sites is 1. The zero-order valence-corrected chi connectivity index (χ0v) is 15.2. The number of hydrogen-bond donors (Lipinski definition) is 2. The largest absolute Gasteiger partial charge is 0.492 e. The van der Waals surface area contributed by atoms with Crippen molar-refractivity contribution in [2.24, 2.45) is 5.92 Å². The molecular weight excluding hydrogens is 338 g/mol. The number of fused-ring (bicyclic) bond motifs is 1. The third kappa shape index (κ3) is 4.03. The van der Waals surface area contributed by atoms with Gasteiger partial charge in [-0.3, -0.25) is 9.89 Å². The van der Waals surface area contributed by atoms with Crippen molar-refractivity contribution in [1.82, 2.24) is 15.5 Å². The number of amides is 1. The van der Waals surface area contributed by atoms with Crippen LogP contribution in [0.1, 0.15) is 17.7 Å². The van der Waals surface area contributed by atoms with E-state index in [4.69, 9.17) is 4.74 Å². The van der Waals surface area contributed by atoms with Crippen LogP contribution in [0.4, 0.5) is 0 Å². The second kappa shape index (κ2) is 8.08. The number of carbonyl (C=O) groups excluding carboxylic acids is 1. The van der Waals surface area contributed by atoms with Gasteiger partial charge in [0.05, 0.1) is 12.2 Å². The lowest BCUT2D eigenvalue weighted by Gasteiger charge is -2.22. The first-order valence-electron chi connectivity index (χ1n) is 9.38. The predicted molar refractivity (Wildman–Crippen MR) is 104 cm³/mol. The van der Waals surface area contributed by atoms with Gasteiger partial charge < -0.3 is 10.1 Å². The molecule has 27 heavy (non-hydrogen) atoms. The van der Waals surface area contributed by atoms with E-state index in [0.29, 0.717) is 13.2 Å². The highest BCUT2D eigenvalue weighted by Gasteiger charge is 2.28. The molecule has 3 aromatic rings. The van der Waals surface area contributed by atoms with Gasteiger partial charge in [0.1, 0.15) is 12.4 Å². The van der Waals surface area contributed by atoms with Gasteiger partial charge in [-0.25, -0.2) is 0 Å². The Balaban J connectivity index is 1.34. The lowest BCUT2D eigenvalue weighted by molar-refractivity contribution is -0.125. The van der Waals surface area contributed by atoms with Crippen LogP contribution in [0.25, 0.3) is 11.3 Å². The molecule has 2 N–H and O–H groups in total. The third-order valence-electron chi connectivity index (χ3n) is 4.98. The summed E-state index contributed by atoms with van der Waals surface area (Å²) < 4.78 is 5.63. The van der Waals surface area contributed by atoms with Crippen LogP contribution >= 0.6 is 0 Å². The zero-order valence-electron chi connectivity index (χ0n) is 15.2. The lowest BCUT2D eigenvalue weighted by Crippen LogP contribution is -2.36. The molecule has 0 radical (unpaired) electrons. The van der Waals surface area contributed by atoms with Crippen LogP contribution in [-0.4, -0.2) is 29.3 Å². The normalized spacial score (nSPS) is 15.8. The van der Waals surface area contributed by atoms with Gasteiger partial charge in [0.2, 0.25) is 5.91 Å². The number of H-pyrrole nitrogens is 1. The van der Waals surface area contributed by atoms with Gasteiger partial charge in [-0.1, -0.05) is 48.5 Å². The van der Waals surface area contributed by atoms with Crippen molar-refractivity contribution < 1.29 is 9.53 Å². The van der Waals surface area contributed by atoms with E-state index < -0.39 is 0 Å². The number of nitrogens with one attached hydrogen (secondary N) is 2. The molecule has 0 unspecified atom stereocenters. The molecular formula is C22H23N3O2. The molecule has 0 fully saturated rings. The summed E-state index contributed by atoms with van der Waals surface area (Å²) in [6.45, 7) is 0.975. The minimum absolute atomic E-state index is 0.0192. The molecule has 1 aliphatic carbocycles. The standard InChI is InChI=1S/C22H23N3O2/c26-22(23-13-14-27-18-9-5-2-6-10-18)17-11-12-20-19(15-17)21(25-24-20)16-7-3-1-4-8-16/h1-10,17H,11-15H2,(H,23,26)(H,24,25)/t17-/m1/s1. The van der Waals surface area contributed by atoms with Crippen LogP contribution in [0.5, 0.6) is 5.75 Å². The first kappa shape index (κ1) is 17.3. The third-order valence-corrected chi connectivity index (χ3v) is 4.98. The Hall–Kier alpha value is -3.08. The van der Waals surface area contributed by atoms with E-state index in [2.05, 4.69) is 27.6 Å². The van der Waals surface area contributed by atoms with E-state index in [1.54, 1.807) is 0 Å². The summed E-state index contributed by atoms with van der Waals surface area (Å²) in [5.41, 5.74) is 4.39. The Labute approximate surface area is 158 Å². The summed E-state index contributed by atoms with van der Waals surface area (Å²) in [6.07, 6.45) is 2.42. The maximum atomic E-state index is 12.6. The second-order valence-electron chi connectivity index (χ2n) is 6.79. The average Bonchev–Trinajstić information content (AvgIpc) is 3.16. The van der Waals surface area contributed by atoms with Crippen LogP contribution in [-0.2, 0) is 17.6 Å². The molecule has 2 aromatic carbocycles. The fourth-order valence-electron chi connectivity index (χ4n) is 3.56. The van der Waals surface area contributed by atoms with E-state index in [1.807, 2.05) is 48.5 Å². The molecule has 5 heteroatoms. The summed E-state index contributed by atoms with van der Waals surface area (Å²) in [4.78, 5) is 12.6. The van der Waals surface area contributed by atoms with Crippen LogP contribution in [0.3, 0.4) is 0 Å². The number of aryl methyl sites for hydroxylation is 1. The molecule has 0 saturated heterocycles. The van der Waals surface area contributed by atoms with Crippen molar-refractivity contribution >= 4 is 5.91 Å². The minimum atomic E-state index is -0.0192. The lowest BCUT2D eigenvalue weighted by atomic mass is 9.85. The molecule has 138 valence electrons. The smallest absolute Gasteiger partial charge is 0.223 e. The van der Waals surface area contributed by atoms with Gasteiger partial charge in [-0.05, 0) is 31.4 Å². The molecule has 1 atom stereocenters. The van der Waals surface area contributed by atoms with Crippen LogP contribution < -0.4 is 10.1 Å². The number of hydrogen-bond acceptors (Lipinski definition) is 3. The van der Waals surface area contributed by atoms with Gasteiger partial charge >= 0.3 is 0 Å². The molecule has 5 nitrogen and oxygen atoms in total. The monoisotopic (exact) mass is 361 g/mol. The van der Waals surface area contributed by atoms with Gasteiger partial charge in [0.15, 0.2) is 0 Å². The fraction of sp³-hybridized carbons (Fsp3) is 0.273. The van der Waals surface area contributed by atoms with Gasteiger partial charge in [0, 0.05) is 22.7 Å². The number of ether oxygens (including phenoxy) is 1. The van der Waals surface area contributed by atoms with Crippen molar-refractivity contribution in [3.8, 4) is 17.0 Å². The molecule has 0 saturated carbocycles. The molecule has 4 rings (SSSR count). The first-order valence-corrected chi connectivity index (χ1v) is 9.38. The number of aromatic nitrogens is 2. The van der Waals surface area contributed by atoms with Crippen molar-refractivity contribution in [2.45, 2.75) is 19.3 Å². The summed E-state index contributed by atoms with van der Waals surface area (Å²) >= 11 is 0. The number of nitrogens with zero attached hydrogens (tertiary/aromatic N) is 1. The Morgan fingerprint density at radius 1 is 1.11 bits per heavy atom. The molecule has 0 spiro atoms. The highest BCUT2D eigenvalue weighted by molar-refractivity contribution is 5.80. The maximum Gasteiger partial charge on any atom is 0.223 e. The number of aromatic amines is 1. The molecule has 1 amide bonds. The van der Waals surface area contributed by atoms with Crippen molar-refractivity contribution in [3.63, 3.8) is 0 Å². The van der Waals surface area contributed by atoms with E-state index in [0.717, 1.165) is 42.0 Å². The predicted octanol–water partition coefficient (Wildman–Crippen LogP) is 3.38. The number of benzene rings is 2. The Kier molecular flexibility index (Phi) is 5.19. The summed E-state index contributed by atoms with van der Waals surface area (Å²) in [7, 11) is 0. The number of carbonyl (C=O) groups is 1. The van der Waals surface area contributed by atoms with E-state index in [1.165, 1.54) is 5.56 Å². The SMILES string of the molecule is O=C(NCCOc1ccccc1)[C@@H]1CCc2[nH]nc(-c3ccccc3)c2C1. The summed E-state index contributed by atoms with van der Waals surface area (Å²) in [5, 5.41) is 10.7. The van der Waals surface area contributed by atoms with E-state index >= 15 is 0 Å². The minimum Gasteiger partial charge on any atom is -0.492 e. The Morgan fingerprint density at radius 2 is 1.85 bits per heavy atom. The highest BCUT2D eigenvalue weighted by atomic mass is 16.5. The highest BCUT2D eigenvalue weighted by Crippen LogP contribution is 2.32. The van der Waals surface area contributed by atoms with Crippen molar-refractivity contribution in [2.75, 3.05) is 13.2 Å². The fourth-order valence-corrected chi connectivity index (χ4v) is 3.56.